The van der Waals surface area contributed by atoms with Crippen molar-refractivity contribution in [1.29, 1.82) is 0 Å². The SMILES string of the molecule is COc1cc(C(=O)/C=C/c2csc(Br)c2)ccc1OC(F)F. The summed E-state index contributed by atoms with van der Waals surface area (Å²) in [6, 6.07) is 5.95. The molecular weight excluding hydrogens is 378 g/mol. The molecular formula is C15H11BrF2O3S. The number of hydrogen-bond donors (Lipinski definition) is 0. The van der Waals surface area contributed by atoms with Crippen molar-refractivity contribution in [3.05, 3.63) is 50.6 Å². The van der Waals surface area contributed by atoms with E-state index in [-0.39, 0.29) is 17.3 Å². The first-order chi connectivity index (χ1) is 10.5. The van der Waals surface area contributed by atoms with Gasteiger partial charge in [0, 0.05) is 5.56 Å². The van der Waals surface area contributed by atoms with Crippen LogP contribution in [-0.2, 0) is 0 Å². The Morgan fingerprint density at radius 3 is 2.68 bits per heavy atom. The highest BCUT2D eigenvalue weighted by atomic mass is 79.9. The average Bonchev–Trinajstić information content (AvgIpc) is 2.90. The van der Waals surface area contributed by atoms with Gasteiger partial charge in [0.15, 0.2) is 17.3 Å². The molecule has 1 aromatic carbocycles. The molecule has 2 rings (SSSR count). The van der Waals surface area contributed by atoms with E-state index in [1.807, 2.05) is 11.4 Å². The zero-order valence-corrected chi connectivity index (χ0v) is 13.8. The van der Waals surface area contributed by atoms with E-state index < -0.39 is 6.61 Å². The second-order valence-electron chi connectivity index (χ2n) is 4.13. The molecule has 116 valence electrons. The lowest BCUT2D eigenvalue weighted by Gasteiger charge is -2.10. The fraction of sp³-hybridized carbons (Fsp3) is 0.133. The standard InChI is InChI=1S/C15H11BrF2O3S/c1-20-13-7-10(3-5-12(13)21-15(17)18)11(19)4-2-9-6-14(16)22-8-9/h2-8,15H,1H3/b4-2+. The van der Waals surface area contributed by atoms with E-state index >= 15 is 0 Å². The highest BCUT2D eigenvalue weighted by Crippen LogP contribution is 2.30. The molecule has 0 bridgehead atoms. The summed E-state index contributed by atoms with van der Waals surface area (Å²) in [6.07, 6.45) is 3.09. The minimum Gasteiger partial charge on any atom is -0.493 e. The van der Waals surface area contributed by atoms with Gasteiger partial charge in [-0.05, 0) is 57.2 Å². The van der Waals surface area contributed by atoms with Crippen LogP contribution in [0.4, 0.5) is 8.78 Å². The summed E-state index contributed by atoms with van der Waals surface area (Å²) < 4.78 is 34.7. The smallest absolute Gasteiger partial charge is 0.387 e. The fourth-order valence-electron chi connectivity index (χ4n) is 1.69. The van der Waals surface area contributed by atoms with Gasteiger partial charge in [-0.25, -0.2) is 0 Å². The Bertz CT molecular complexity index is 698. The lowest BCUT2D eigenvalue weighted by atomic mass is 10.1. The van der Waals surface area contributed by atoms with Gasteiger partial charge in [0.1, 0.15) is 0 Å². The molecule has 0 unspecified atom stereocenters. The number of benzene rings is 1. The van der Waals surface area contributed by atoms with Crippen molar-refractivity contribution in [2.24, 2.45) is 0 Å². The molecule has 1 aromatic heterocycles. The van der Waals surface area contributed by atoms with Crippen LogP contribution in [0.3, 0.4) is 0 Å². The highest BCUT2D eigenvalue weighted by Gasteiger charge is 2.13. The second kappa shape index (κ2) is 7.51. The Labute approximate surface area is 138 Å². The zero-order valence-electron chi connectivity index (χ0n) is 11.4. The molecule has 0 N–H and O–H groups in total. The van der Waals surface area contributed by atoms with Crippen LogP contribution in [0.25, 0.3) is 6.08 Å². The van der Waals surface area contributed by atoms with Crippen LogP contribution in [0.15, 0.2) is 39.5 Å². The molecule has 0 saturated carbocycles. The molecule has 22 heavy (non-hydrogen) atoms. The fourth-order valence-corrected chi connectivity index (χ4v) is 2.84. The Hall–Kier alpha value is -1.73. The van der Waals surface area contributed by atoms with E-state index in [4.69, 9.17) is 4.74 Å². The molecule has 0 radical (unpaired) electrons. The molecule has 0 aliphatic heterocycles. The maximum Gasteiger partial charge on any atom is 0.387 e. The number of alkyl halides is 2. The molecule has 0 atom stereocenters. The normalized spacial score (nSPS) is 11.1. The summed E-state index contributed by atoms with van der Waals surface area (Å²) in [5.74, 6) is -0.290. The average molecular weight is 389 g/mol. The van der Waals surface area contributed by atoms with Crippen molar-refractivity contribution in [3.63, 3.8) is 0 Å². The molecule has 0 aliphatic carbocycles. The predicted octanol–water partition coefficient (Wildman–Crippen LogP) is 5.02. The van der Waals surface area contributed by atoms with Crippen molar-refractivity contribution in [1.82, 2.24) is 0 Å². The molecule has 2 aromatic rings. The molecule has 0 saturated heterocycles. The second-order valence-corrected chi connectivity index (χ2v) is 6.42. The number of carbonyl (C=O) groups excluding carboxylic acids is 1. The Kier molecular flexibility index (Phi) is 5.68. The van der Waals surface area contributed by atoms with Crippen LogP contribution in [0, 0.1) is 0 Å². The number of rotatable bonds is 6. The first-order valence-electron chi connectivity index (χ1n) is 6.09. The molecule has 0 spiro atoms. The molecule has 1 heterocycles. The number of carbonyl (C=O) groups is 1. The van der Waals surface area contributed by atoms with Crippen molar-refractivity contribution in [2.45, 2.75) is 6.61 Å². The van der Waals surface area contributed by atoms with Crippen molar-refractivity contribution >= 4 is 39.1 Å². The zero-order chi connectivity index (χ0) is 16.1. The van der Waals surface area contributed by atoms with E-state index in [0.29, 0.717) is 5.56 Å². The molecule has 0 aliphatic rings. The number of halogens is 3. The van der Waals surface area contributed by atoms with Gasteiger partial charge in [-0.15, -0.1) is 11.3 Å². The van der Waals surface area contributed by atoms with E-state index in [1.54, 1.807) is 6.08 Å². The monoisotopic (exact) mass is 388 g/mol. The Morgan fingerprint density at radius 1 is 1.32 bits per heavy atom. The molecule has 3 nitrogen and oxygen atoms in total. The van der Waals surface area contributed by atoms with Crippen LogP contribution in [-0.4, -0.2) is 19.5 Å². The minimum atomic E-state index is -2.95. The van der Waals surface area contributed by atoms with Gasteiger partial charge in [-0.1, -0.05) is 6.08 Å². The third-order valence-corrected chi connectivity index (χ3v) is 4.20. The van der Waals surface area contributed by atoms with Crippen molar-refractivity contribution < 1.29 is 23.0 Å². The Balaban J connectivity index is 2.17. The number of thiophene rings is 1. The van der Waals surface area contributed by atoms with E-state index in [9.17, 15) is 13.6 Å². The highest BCUT2D eigenvalue weighted by molar-refractivity contribution is 9.11. The van der Waals surface area contributed by atoms with Gasteiger partial charge in [0.2, 0.25) is 0 Å². The quantitative estimate of drug-likeness (QED) is 0.514. The van der Waals surface area contributed by atoms with Crippen LogP contribution >= 0.6 is 27.3 Å². The van der Waals surface area contributed by atoms with Gasteiger partial charge in [-0.3, -0.25) is 4.79 Å². The third kappa shape index (κ3) is 4.38. The topological polar surface area (TPSA) is 35.5 Å². The first-order valence-corrected chi connectivity index (χ1v) is 7.76. The van der Waals surface area contributed by atoms with Gasteiger partial charge in [-0.2, -0.15) is 8.78 Å². The lowest BCUT2D eigenvalue weighted by Crippen LogP contribution is -2.04. The van der Waals surface area contributed by atoms with Crippen LogP contribution in [0.2, 0.25) is 0 Å². The van der Waals surface area contributed by atoms with Crippen molar-refractivity contribution in [3.8, 4) is 11.5 Å². The number of allylic oxidation sites excluding steroid dienone is 1. The maximum absolute atomic E-state index is 12.2. The summed E-state index contributed by atoms with van der Waals surface area (Å²) >= 11 is 4.85. The molecule has 0 fully saturated rings. The van der Waals surface area contributed by atoms with Crippen LogP contribution in [0.1, 0.15) is 15.9 Å². The maximum atomic E-state index is 12.2. The minimum absolute atomic E-state index is 0.0813. The van der Waals surface area contributed by atoms with Gasteiger partial charge >= 0.3 is 6.61 Å². The third-order valence-electron chi connectivity index (χ3n) is 2.68. The number of hydrogen-bond acceptors (Lipinski definition) is 4. The van der Waals surface area contributed by atoms with Gasteiger partial charge < -0.3 is 9.47 Å². The van der Waals surface area contributed by atoms with Crippen molar-refractivity contribution in [2.75, 3.05) is 7.11 Å². The Morgan fingerprint density at radius 2 is 2.09 bits per heavy atom. The predicted molar refractivity (Wildman–Crippen MR) is 85.0 cm³/mol. The first kappa shape index (κ1) is 16.6. The van der Waals surface area contributed by atoms with E-state index in [2.05, 4.69) is 20.7 Å². The summed E-state index contributed by atoms with van der Waals surface area (Å²) in [5, 5.41) is 1.90. The van der Waals surface area contributed by atoms with Gasteiger partial charge in [0.25, 0.3) is 0 Å². The number of ether oxygens (including phenoxy) is 2. The lowest BCUT2D eigenvalue weighted by molar-refractivity contribution is -0.0512. The number of ketones is 1. The van der Waals surface area contributed by atoms with E-state index in [0.717, 1.165) is 9.35 Å². The largest absolute Gasteiger partial charge is 0.493 e. The van der Waals surface area contributed by atoms with E-state index in [1.165, 1.54) is 42.7 Å². The molecule has 0 amide bonds. The summed E-state index contributed by atoms with van der Waals surface area (Å²) in [5.41, 5.74) is 1.22. The van der Waals surface area contributed by atoms with Crippen LogP contribution < -0.4 is 9.47 Å². The number of methoxy groups -OCH3 is 1. The van der Waals surface area contributed by atoms with Gasteiger partial charge in [0.05, 0.1) is 10.9 Å². The molecule has 7 heteroatoms. The van der Waals surface area contributed by atoms with Crippen LogP contribution in [0.5, 0.6) is 11.5 Å². The summed E-state index contributed by atoms with van der Waals surface area (Å²) in [7, 11) is 1.32. The summed E-state index contributed by atoms with van der Waals surface area (Å²) in [4.78, 5) is 12.1. The summed E-state index contributed by atoms with van der Waals surface area (Å²) in [6.45, 7) is -2.95.